The minimum atomic E-state index is 0.136. The van der Waals surface area contributed by atoms with E-state index >= 15 is 0 Å². The molecule has 25 heavy (non-hydrogen) atoms. The highest BCUT2D eigenvalue weighted by Gasteiger charge is 2.34. The summed E-state index contributed by atoms with van der Waals surface area (Å²) in [6, 6.07) is 12.3. The van der Waals surface area contributed by atoms with E-state index in [4.69, 9.17) is 9.72 Å². The third-order valence-electron chi connectivity index (χ3n) is 4.71. The van der Waals surface area contributed by atoms with Crippen molar-refractivity contribution in [3.63, 3.8) is 0 Å². The van der Waals surface area contributed by atoms with Gasteiger partial charge in [-0.25, -0.2) is 4.98 Å². The van der Waals surface area contributed by atoms with Gasteiger partial charge in [0.1, 0.15) is 5.82 Å². The summed E-state index contributed by atoms with van der Waals surface area (Å²) >= 11 is 1.70. The first kappa shape index (κ1) is 16.3. The second kappa shape index (κ2) is 6.98. The number of para-hydroxylation sites is 2. The zero-order chi connectivity index (χ0) is 17.2. The molecule has 0 unspecified atom stereocenters. The number of carbonyl (C=O) groups is 1. The molecule has 5 nitrogen and oxygen atoms in total. The monoisotopic (exact) mass is 355 g/mol. The second-order valence-corrected chi connectivity index (χ2v) is 7.39. The van der Waals surface area contributed by atoms with Crippen LogP contribution in [0.15, 0.2) is 41.8 Å². The predicted octanol–water partition coefficient (Wildman–Crippen LogP) is 3.26. The lowest BCUT2D eigenvalue weighted by Gasteiger charge is -2.16. The Labute approximate surface area is 150 Å². The van der Waals surface area contributed by atoms with Gasteiger partial charge in [0.05, 0.1) is 24.2 Å². The first-order chi connectivity index (χ1) is 12.3. The highest BCUT2D eigenvalue weighted by atomic mass is 32.1. The summed E-state index contributed by atoms with van der Waals surface area (Å²) in [4.78, 5) is 20.5. The van der Waals surface area contributed by atoms with E-state index in [2.05, 4.69) is 22.1 Å². The number of likely N-dealkylation sites (tertiary alicyclic amines) is 1. The third-order valence-corrected chi connectivity index (χ3v) is 5.57. The molecule has 1 aliphatic heterocycles. The number of benzene rings is 1. The lowest BCUT2D eigenvalue weighted by Crippen LogP contribution is -2.24. The van der Waals surface area contributed by atoms with Gasteiger partial charge >= 0.3 is 0 Å². The maximum absolute atomic E-state index is 12.5. The lowest BCUT2D eigenvalue weighted by atomic mass is 10.1. The molecule has 0 radical (unpaired) electrons. The smallest absolute Gasteiger partial charge is 0.223 e. The summed E-state index contributed by atoms with van der Waals surface area (Å²) in [5.74, 6) is 1.35. The van der Waals surface area contributed by atoms with Crippen LogP contribution in [0.5, 0.6) is 0 Å². The minimum Gasteiger partial charge on any atom is -0.383 e. The Hall–Kier alpha value is -2.18. The Morgan fingerprint density at radius 2 is 2.16 bits per heavy atom. The fourth-order valence-corrected chi connectivity index (χ4v) is 4.23. The number of fused-ring (bicyclic) bond motifs is 1. The van der Waals surface area contributed by atoms with Crippen LogP contribution in [0.4, 0.5) is 0 Å². The molecule has 4 rings (SSSR count). The second-order valence-electron chi connectivity index (χ2n) is 6.36. The number of carbonyl (C=O) groups excluding carboxylic acids is 1. The van der Waals surface area contributed by atoms with Crippen molar-refractivity contribution in [2.24, 2.45) is 0 Å². The Morgan fingerprint density at radius 3 is 2.96 bits per heavy atom. The quantitative estimate of drug-likeness (QED) is 0.682. The molecule has 0 aliphatic carbocycles. The van der Waals surface area contributed by atoms with Crippen LogP contribution >= 0.6 is 11.3 Å². The number of hydrogen-bond donors (Lipinski definition) is 0. The van der Waals surface area contributed by atoms with Crippen LogP contribution < -0.4 is 0 Å². The average molecular weight is 355 g/mol. The van der Waals surface area contributed by atoms with E-state index in [1.165, 1.54) is 4.88 Å². The molecule has 0 saturated carbocycles. The molecule has 6 heteroatoms. The van der Waals surface area contributed by atoms with E-state index < -0.39 is 0 Å². The largest absolute Gasteiger partial charge is 0.383 e. The molecule has 0 bridgehead atoms. The fourth-order valence-electron chi connectivity index (χ4n) is 3.51. The fraction of sp³-hybridized carbons (Fsp3) is 0.368. The standard InChI is InChI=1S/C19H21N3O2S/c1-24-9-8-22-17-7-3-2-6-16(17)20-19(22)14-11-18(23)21(12-14)13-15-5-4-10-25-15/h2-7,10,14H,8-9,11-13H2,1H3/t14-/m0/s1. The van der Waals surface area contributed by atoms with Gasteiger partial charge in [-0.1, -0.05) is 18.2 Å². The molecular formula is C19H21N3O2S. The topological polar surface area (TPSA) is 47.4 Å². The van der Waals surface area contributed by atoms with Gasteiger partial charge < -0.3 is 14.2 Å². The summed E-state index contributed by atoms with van der Waals surface area (Å²) < 4.78 is 7.48. The van der Waals surface area contributed by atoms with Crippen molar-refractivity contribution in [1.29, 1.82) is 0 Å². The molecule has 1 amide bonds. The van der Waals surface area contributed by atoms with Crippen molar-refractivity contribution in [3.8, 4) is 0 Å². The summed E-state index contributed by atoms with van der Waals surface area (Å²) in [5.41, 5.74) is 2.09. The summed E-state index contributed by atoms with van der Waals surface area (Å²) in [7, 11) is 1.71. The Kier molecular flexibility index (Phi) is 4.55. The van der Waals surface area contributed by atoms with Gasteiger partial charge in [0, 0.05) is 37.4 Å². The lowest BCUT2D eigenvalue weighted by molar-refractivity contribution is -0.128. The molecule has 1 aliphatic rings. The number of nitrogens with zero attached hydrogens (tertiary/aromatic N) is 3. The molecular weight excluding hydrogens is 334 g/mol. The SMILES string of the molecule is COCCn1c([C@H]2CC(=O)N(Cc3cccs3)C2)nc2ccccc21. The number of hydrogen-bond acceptors (Lipinski definition) is 4. The van der Waals surface area contributed by atoms with E-state index in [0.717, 1.165) is 29.9 Å². The summed E-state index contributed by atoms with van der Waals surface area (Å²) in [6.45, 7) is 2.81. The summed E-state index contributed by atoms with van der Waals surface area (Å²) in [5, 5.41) is 2.05. The molecule has 3 aromatic rings. The van der Waals surface area contributed by atoms with Crippen molar-refractivity contribution in [3.05, 3.63) is 52.5 Å². The molecule has 0 N–H and O–H groups in total. The van der Waals surface area contributed by atoms with Crippen molar-refractivity contribution in [2.75, 3.05) is 20.3 Å². The third kappa shape index (κ3) is 3.19. The highest BCUT2D eigenvalue weighted by molar-refractivity contribution is 7.09. The van der Waals surface area contributed by atoms with E-state index in [1.54, 1.807) is 18.4 Å². The van der Waals surface area contributed by atoms with E-state index in [9.17, 15) is 4.79 Å². The number of amides is 1. The van der Waals surface area contributed by atoms with Crippen LogP contribution in [-0.4, -0.2) is 40.6 Å². The van der Waals surface area contributed by atoms with Gasteiger partial charge in [0.2, 0.25) is 5.91 Å². The predicted molar refractivity (Wildman–Crippen MR) is 98.7 cm³/mol. The van der Waals surface area contributed by atoms with Crippen molar-refractivity contribution >= 4 is 28.3 Å². The van der Waals surface area contributed by atoms with Crippen LogP contribution in [-0.2, 0) is 22.6 Å². The molecule has 3 heterocycles. The van der Waals surface area contributed by atoms with Crippen LogP contribution in [0.3, 0.4) is 0 Å². The number of thiophene rings is 1. The molecule has 0 spiro atoms. The van der Waals surface area contributed by atoms with Gasteiger partial charge in [0.15, 0.2) is 0 Å². The zero-order valence-corrected chi connectivity index (χ0v) is 15.0. The van der Waals surface area contributed by atoms with Crippen molar-refractivity contribution < 1.29 is 9.53 Å². The molecule has 1 fully saturated rings. The zero-order valence-electron chi connectivity index (χ0n) is 14.2. The van der Waals surface area contributed by atoms with Crippen LogP contribution in [0.1, 0.15) is 23.0 Å². The normalized spacial score (nSPS) is 17.7. The maximum Gasteiger partial charge on any atom is 0.223 e. The Bertz CT molecular complexity index is 872. The number of rotatable bonds is 6. The number of aromatic nitrogens is 2. The van der Waals surface area contributed by atoms with Crippen molar-refractivity contribution in [2.45, 2.75) is 25.4 Å². The van der Waals surface area contributed by atoms with Gasteiger partial charge in [-0.15, -0.1) is 11.3 Å². The molecule has 130 valence electrons. The number of ether oxygens (including phenoxy) is 1. The Balaban J connectivity index is 1.62. The van der Waals surface area contributed by atoms with Gasteiger partial charge in [0.25, 0.3) is 0 Å². The molecule has 1 atom stereocenters. The number of methoxy groups -OCH3 is 1. The van der Waals surface area contributed by atoms with Crippen LogP contribution in [0, 0.1) is 0 Å². The highest BCUT2D eigenvalue weighted by Crippen LogP contribution is 2.31. The van der Waals surface area contributed by atoms with Gasteiger partial charge in [-0.2, -0.15) is 0 Å². The summed E-state index contributed by atoms with van der Waals surface area (Å²) in [6.07, 6.45) is 0.529. The van der Waals surface area contributed by atoms with Gasteiger partial charge in [-0.3, -0.25) is 4.79 Å². The van der Waals surface area contributed by atoms with Crippen LogP contribution in [0.25, 0.3) is 11.0 Å². The number of imidazole rings is 1. The first-order valence-corrected chi connectivity index (χ1v) is 9.38. The minimum absolute atomic E-state index is 0.136. The average Bonchev–Trinajstić information content (AvgIpc) is 3.33. The molecule has 2 aromatic heterocycles. The van der Waals surface area contributed by atoms with E-state index in [-0.39, 0.29) is 11.8 Å². The van der Waals surface area contributed by atoms with E-state index in [0.29, 0.717) is 19.6 Å². The Morgan fingerprint density at radius 1 is 1.28 bits per heavy atom. The molecule has 1 saturated heterocycles. The molecule has 1 aromatic carbocycles. The van der Waals surface area contributed by atoms with Gasteiger partial charge in [-0.05, 0) is 23.6 Å². The van der Waals surface area contributed by atoms with Crippen LogP contribution in [0.2, 0.25) is 0 Å². The first-order valence-electron chi connectivity index (χ1n) is 8.50. The maximum atomic E-state index is 12.5. The van der Waals surface area contributed by atoms with Crippen molar-refractivity contribution in [1.82, 2.24) is 14.5 Å². The van der Waals surface area contributed by atoms with E-state index in [1.807, 2.05) is 29.2 Å².